The maximum Gasteiger partial charge on any atom is 0.0991 e. The molecule has 0 bridgehead atoms. The molecule has 2 saturated heterocycles. The molecule has 0 spiro atoms. The number of hydrogen-bond donors (Lipinski definition) is 1. The first kappa shape index (κ1) is 14.9. The van der Waals surface area contributed by atoms with E-state index in [0.29, 0.717) is 12.5 Å². The molecule has 2 aliphatic heterocycles. The SMILES string of the molecule is OC[C@]12COCC[C@H]1CN(Cc1ccc(-n3ccnc3)cc1)C2. The number of aliphatic hydroxyl groups is 1. The Kier molecular flexibility index (Phi) is 3.93. The van der Waals surface area contributed by atoms with Crippen LogP contribution < -0.4 is 0 Å². The van der Waals surface area contributed by atoms with Gasteiger partial charge in [0.1, 0.15) is 0 Å². The van der Waals surface area contributed by atoms with Crippen molar-refractivity contribution in [2.24, 2.45) is 11.3 Å². The summed E-state index contributed by atoms with van der Waals surface area (Å²) in [7, 11) is 0. The molecule has 1 aromatic heterocycles. The average Bonchev–Trinajstić information content (AvgIpc) is 3.23. The molecule has 1 aromatic carbocycles. The van der Waals surface area contributed by atoms with Gasteiger partial charge in [-0.25, -0.2) is 4.98 Å². The molecule has 0 amide bonds. The predicted molar refractivity (Wildman–Crippen MR) is 87.3 cm³/mol. The van der Waals surface area contributed by atoms with Crippen LogP contribution in [0.3, 0.4) is 0 Å². The van der Waals surface area contributed by atoms with E-state index in [2.05, 4.69) is 34.1 Å². The summed E-state index contributed by atoms with van der Waals surface area (Å²) in [4.78, 5) is 6.54. The molecule has 122 valence electrons. The lowest BCUT2D eigenvalue weighted by Crippen LogP contribution is -2.42. The van der Waals surface area contributed by atoms with Crippen LogP contribution >= 0.6 is 0 Å². The highest BCUT2D eigenvalue weighted by Gasteiger charge is 2.47. The van der Waals surface area contributed by atoms with Crippen molar-refractivity contribution in [3.8, 4) is 5.69 Å². The predicted octanol–water partition coefficient (Wildman–Crippen LogP) is 1.70. The van der Waals surface area contributed by atoms with Crippen molar-refractivity contribution in [3.63, 3.8) is 0 Å². The topological polar surface area (TPSA) is 50.5 Å². The molecule has 1 N–H and O–H groups in total. The van der Waals surface area contributed by atoms with Crippen LogP contribution in [0.2, 0.25) is 0 Å². The van der Waals surface area contributed by atoms with Crippen molar-refractivity contribution in [3.05, 3.63) is 48.5 Å². The Morgan fingerprint density at radius 1 is 1.30 bits per heavy atom. The summed E-state index contributed by atoms with van der Waals surface area (Å²) < 4.78 is 7.64. The molecule has 4 rings (SSSR count). The summed E-state index contributed by atoms with van der Waals surface area (Å²) in [6, 6.07) is 8.62. The number of likely N-dealkylation sites (tertiary alicyclic amines) is 1. The van der Waals surface area contributed by atoms with Crippen LogP contribution in [0.4, 0.5) is 0 Å². The lowest BCUT2D eigenvalue weighted by molar-refractivity contribution is -0.0561. The van der Waals surface area contributed by atoms with Gasteiger partial charge in [0.15, 0.2) is 0 Å². The highest BCUT2D eigenvalue weighted by atomic mass is 16.5. The summed E-state index contributed by atoms with van der Waals surface area (Å²) in [5.41, 5.74) is 2.39. The van der Waals surface area contributed by atoms with Crippen molar-refractivity contribution in [2.45, 2.75) is 13.0 Å². The smallest absolute Gasteiger partial charge is 0.0991 e. The first-order valence-corrected chi connectivity index (χ1v) is 8.27. The largest absolute Gasteiger partial charge is 0.396 e. The Hall–Kier alpha value is -1.69. The quantitative estimate of drug-likeness (QED) is 0.933. The Morgan fingerprint density at radius 3 is 2.87 bits per heavy atom. The third-order valence-electron chi connectivity index (χ3n) is 5.34. The van der Waals surface area contributed by atoms with Gasteiger partial charge in [-0.2, -0.15) is 0 Å². The summed E-state index contributed by atoms with van der Waals surface area (Å²) in [5, 5.41) is 9.86. The van der Waals surface area contributed by atoms with E-state index in [1.807, 2.05) is 17.1 Å². The maximum absolute atomic E-state index is 9.86. The lowest BCUT2D eigenvalue weighted by Gasteiger charge is -2.36. The van der Waals surface area contributed by atoms with Crippen molar-refractivity contribution in [1.82, 2.24) is 14.5 Å². The van der Waals surface area contributed by atoms with Crippen molar-refractivity contribution >= 4 is 0 Å². The summed E-state index contributed by atoms with van der Waals surface area (Å²) in [6.45, 7) is 4.69. The highest BCUT2D eigenvalue weighted by Crippen LogP contribution is 2.41. The molecule has 3 heterocycles. The summed E-state index contributed by atoms with van der Waals surface area (Å²) in [6.07, 6.45) is 6.61. The van der Waals surface area contributed by atoms with Gasteiger partial charge in [0.2, 0.25) is 0 Å². The normalized spacial score (nSPS) is 28.0. The minimum Gasteiger partial charge on any atom is -0.396 e. The average molecular weight is 313 g/mol. The second kappa shape index (κ2) is 6.07. The minimum absolute atomic E-state index is 0.0466. The van der Waals surface area contributed by atoms with Gasteiger partial charge in [0.25, 0.3) is 0 Å². The number of ether oxygens (including phenoxy) is 1. The highest BCUT2D eigenvalue weighted by molar-refractivity contribution is 5.34. The Morgan fingerprint density at radius 2 is 2.17 bits per heavy atom. The van der Waals surface area contributed by atoms with Crippen LogP contribution in [0.1, 0.15) is 12.0 Å². The maximum atomic E-state index is 9.86. The fourth-order valence-corrected chi connectivity index (χ4v) is 4.00. The Bertz CT molecular complexity index is 641. The number of benzene rings is 1. The van der Waals surface area contributed by atoms with E-state index in [0.717, 1.165) is 38.3 Å². The number of imidazole rings is 1. The molecule has 0 aliphatic carbocycles. The second-order valence-corrected chi connectivity index (χ2v) is 6.86. The van der Waals surface area contributed by atoms with Gasteiger partial charge in [0, 0.05) is 49.7 Å². The summed E-state index contributed by atoms with van der Waals surface area (Å²) >= 11 is 0. The van der Waals surface area contributed by atoms with E-state index in [1.54, 1.807) is 6.20 Å². The lowest BCUT2D eigenvalue weighted by atomic mass is 9.76. The van der Waals surface area contributed by atoms with E-state index in [4.69, 9.17) is 4.74 Å². The number of aliphatic hydroxyl groups excluding tert-OH is 1. The number of rotatable bonds is 4. The van der Waals surface area contributed by atoms with Crippen LogP contribution in [0.15, 0.2) is 43.0 Å². The molecule has 0 radical (unpaired) electrons. The molecular weight excluding hydrogens is 290 g/mol. The molecule has 5 nitrogen and oxygen atoms in total. The third-order valence-corrected chi connectivity index (χ3v) is 5.34. The van der Waals surface area contributed by atoms with E-state index in [-0.39, 0.29) is 12.0 Å². The molecule has 0 unspecified atom stereocenters. The molecule has 2 fully saturated rings. The molecule has 2 aromatic rings. The number of nitrogens with zero attached hydrogens (tertiary/aromatic N) is 3. The van der Waals surface area contributed by atoms with E-state index < -0.39 is 0 Å². The minimum atomic E-state index is -0.0466. The Balaban J connectivity index is 1.44. The van der Waals surface area contributed by atoms with Crippen molar-refractivity contribution in [2.75, 3.05) is 32.9 Å². The number of aromatic nitrogens is 2. The van der Waals surface area contributed by atoms with Crippen molar-refractivity contribution in [1.29, 1.82) is 0 Å². The van der Waals surface area contributed by atoms with E-state index >= 15 is 0 Å². The zero-order valence-electron chi connectivity index (χ0n) is 13.3. The Labute approximate surface area is 136 Å². The van der Waals surface area contributed by atoms with Gasteiger partial charge in [-0.1, -0.05) is 12.1 Å². The van der Waals surface area contributed by atoms with Gasteiger partial charge in [-0.15, -0.1) is 0 Å². The van der Waals surface area contributed by atoms with Crippen LogP contribution in [0.25, 0.3) is 5.69 Å². The molecular formula is C18H23N3O2. The van der Waals surface area contributed by atoms with Crippen LogP contribution in [-0.2, 0) is 11.3 Å². The first-order chi connectivity index (χ1) is 11.3. The van der Waals surface area contributed by atoms with Gasteiger partial charge in [0.05, 0.1) is 19.5 Å². The zero-order chi connectivity index (χ0) is 15.7. The van der Waals surface area contributed by atoms with Crippen LogP contribution in [0, 0.1) is 11.3 Å². The van der Waals surface area contributed by atoms with Crippen LogP contribution in [-0.4, -0.2) is 52.5 Å². The molecule has 2 atom stereocenters. The second-order valence-electron chi connectivity index (χ2n) is 6.86. The number of hydrogen-bond acceptors (Lipinski definition) is 4. The standard InChI is InChI=1S/C18H23N3O2/c22-12-18-11-20(10-16(18)5-8-23-13-18)9-15-1-3-17(4-2-15)21-7-6-19-14-21/h1-4,6-7,14,16,22H,5,8-13H2/t16-,18+/m0/s1. The molecule has 0 saturated carbocycles. The zero-order valence-corrected chi connectivity index (χ0v) is 13.3. The number of fused-ring (bicyclic) bond motifs is 1. The monoisotopic (exact) mass is 313 g/mol. The van der Waals surface area contributed by atoms with Gasteiger partial charge >= 0.3 is 0 Å². The summed E-state index contributed by atoms with van der Waals surface area (Å²) in [5.74, 6) is 0.562. The van der Waals surface area contributed by atoms with E-state index in [1.165, 1.54) is 5.56 Å². The van der Waals surface area contributed by atoms with Gasteiger partial charge in [-0.05, 0) is 30.0 Å². The molecule has 23 heavy (non-hydrogen) atoms. The first-order valence-electron chi connectivity index (χ1n) is 8.27. The van der Waals surface area contributed by atoms with Gasteiger partial charge in [-0.3, -0.25) is 4.90 Å². The van der Waals surface area contributed by atoms with Crippen LogP contribution in [0.5, 0.6) is 0 Å². The fraction of sp³-hybridized carbons (Fsp3) is 0.500. The molecule has 5 heteroatoms. The molecule has 2 aliphatic rings. The van der Waals surface area contributed by atoms with Crippen molar-refractivity contribution < 1.29 is 9.84 Å². The van der Waals surface area contributed by atoms with Gasteiger partial charge < -0.3 is 14.4 Å². The third kappa shape index (κ3) is 2.80. The van der Waals surface area contributed by atoms with E-state index in [9.17, 15) is 5.11 Å². The fourth-order valence-electron chi connectivity index (χ4n) is 4.00.